The molecule has 1 atom stereocenters. The highest BCUT2D eigenvalue weighted by atomic mass is 35.5. The molecule has 3 aliphatic rings. The summed E-state index contributed by atoms with van der Waals surface area (Å²) in [6.45, 7) is 8.01. The number of rotatable bonds is 9. The number of oxazole rings is 1. The molecule has 62 heavy (non-hydrogen) atoms. The predicted octanol–water partition coefficient (Wildman–Crippen LogP) is 8.47. The highest BCUT2D eigenvalue weighted by Crippen LogP contribution is 2.39. The molecule has 1 saturated carbocycles. The van der Waals surface area contributed by atoms with Gasteiger partial charge in [-0.1, -0.05) is 35.6 Å². The number of nitriles is 1. The minimum atomic E-state index is -0.319. The largest absolute Gasteiger partial charge is 0.490 e. The number of hydrogen-bond donors (Lipinski definition) is 1. The minimum Gasteiger partial charge on any atom is -0.490 e. The maximum Gasteiger partial charge on any atom is 0.272 e. The smallest absolute Gasteiger partial charge is 0.272 e. The van der Waals surface area contributed by atoms with Crippen LogP contribution in [-0.4, -0.2) is 66.8 Å². The lowest BCUT2D eigenvalue weighted by molar-refractivity contribution is 0.0888. The van der Waals surface area contributed by atoms with Crippen LogP contribution in [0.1, 0.15) is 112 Å². The number of carbonyl (C=O) groups is 1. The number of thiophene rings is 1. The van der Waals surface area contributed by atoms with Crippen molar-refractivity contribution in [1.29, 1.82) is 5.26 Å². The quantitative estimate of drug-likeness (QED) is 0.140. The summed E-state index contributed by atoms with van der Waals surface area (Å²) in [5.41, 5.74) is 5.96. The van der Waals surface area contributed by atoms with Gasteiger partial charge in [0.1, 0.15) is 34.9 Å². The molecule has 6 heterocycles. The Hall–Kier alpha value is -6.35. The van der Waals surface area contributed by atoms with E-state index in [4.69, 9.17) is 31.0 Å². The van der Waals surface area contributed by atoms with Gasteiger partial charge in [-0.2, -0.15) is 5.26 Å². The first kappa shape index (κ1) is 41.0. The van der Waals surface area contributed by atoms with Gasteiger partial charge in [0.2, 0.25) is 0 Å². The molecule has 2 fully saturated rings. The van der Waals surface area contributed by atoms with E-state index in [1.54, 1.807) is 48.1 Å². The summed E-state index contributed by atoms with van der Waals surface area (Å²) in [7, 11) is 0. The Labute approximate surface area is 369 Å². The molecule has 1 amide bonds. The van der Waals surface area contributed by atoms with E-state index in [2.05, 4.69) is 96.2 Å². The second-order valence-corrected chi connectivity index (χ2v) is 17.7. The summed E-state index contributed by atoms with van der Waals surface area (Å²) in [5.74, 6) is 10.8. The van der Waals surface area contributed by atoms with Crippen LogP contribution in [-0.2, 0) is 6.42 Å². The fourth-order valence-electron chi connectivity index (χ4n) is 8.47. The van der Waals surface area contributed by atoms with Crippen LogP contribution in [0.5, 0.6) is 5.75 Å². The number of amides is 1. The van der Waals surface area contributed by atoms with E-state index in [-0.39, 0.29) is 24.1 Å². The summed E-state index contributed by atoms with van der Waals surface area (Å²) in [4.78, 5) is 26.2. The van der Waals surface area contributed by atoms with Crippen molar-refractivity contribution in [3.8, 4) is 28.7 Å². The molecule has 4 aromatic heterocycles. The molecule has 0 bridgehead atoms. The van der Waals surface area contributed by atoms with E-state index in [0.717, 1.165) is 103 Å². The molecule has 1 saturated heterocycles. The maximum absolute atomic E-state index is 13.0. The van der Waals surface area contributed by atoms with Crippen molar-refractivity contribution in [2.24, 2.45) is 10.9 Å². The van der Waals surface area contributed by atoms with E-state index in [1.807, 2.05) is 13.0 Å². The third-order valence-corrected chi connectivity index (χ3v) is 13.6. The summed E-state index contributed by atoms with van der Waals surface area (Å²) < 4.78 is 13.9. The number of ether oxygens (including phenoxy) is 1. The molecule has 1 aliphatic carbocycles. The molecular formula is C47H45ClN10O3S. The summed E-state index contributed by atoms with van der Waals surface area (Å²) in [6, 6.07) is 19.0. The van der Waals surface area contributed by atoms with E-state index in [9.17, 15) is 4.79 Å². The molecule has 0 radical (unpaired) electrons. The Morgan fingerprint density at radius 2 is 1.79 bits per heavy atom. The van der Waals surface area contributed by atoms with Crippen molar-refractivity contribution >= 4 is 40.4 Å². The molecule has 15 heteroatoms. The highest BCUT2D eigenvalue weighted by Gasteiger charge is 2.32. The third kappa shape index (κ3) is 8.71. The molecule has 9 rings (SSSR count). The van der Waals surface area contributed by atoms with Crippen molar-refractivity contribution in [3.63, 3.8) is 0 Å². The number of nitrogens with zero attached hydrogens (tertiary/aromatic N) is 9. The molecule has 0 unspecified atom stereocenters. The highest BCUT2D eigenvalue weighted by molar-refractivity contribution is 7.15. The number of aryl methyl sites for hydroxylation is 2. The number of anilines is 1. The first-order valence-electron chi connectivity index (χ1n) is 21.0. The number of aliphatic imine (C=N–C) groups is 1. The number of hydrogen-bond acceptors (Lipinski definition) is 12. The van der Waals surface area contributed by atoms with Crippen LogP contribution in [0.4, 0.5) is 5.82 Å². The third-order valence-electron chi connectivity index (χ3n) is 12.1. The Balaban J connectivity index is 0.768. The number of piperidine rings is 1. The molecule has 1 N–H and O–H groups in total. The van der Waals surface area contributed by atoms with Gasteiger partial charge in [-0.05, 0) is 107 Å². The normalized spacial score (nSPS) is 18.7. The lowest BCUT2D eigenvalue weighted by atomic mass is 9.92. The first-order chi connectivity index (χ1) is 30.2. The second kappa shape index (κ2) is 17.9. The van der Waals surface area contributed by atoms with Crippen molar-refractivity contribution in [1.82, 2.24) is 35.3 Å². The second-order valence-electron chi connectivity index (χ2n) is 16.1. The predicted molar refractivity (Wildman–Crippen MR) is 237 cm³/mol. The molecule has 314 valence electrons. The lowest BCUT2D eigenvalue weighted by Crippen LogP contribution is -2.40. The van der Waals surface area contributed by atoms with Crippen LogP contribution in [0.15, 0.2) is 76.5 Å². The molecule has 0 spiro atoms. The van der Waals surface area contributed by atoms with Crippen LogP contribution in [0.2, 0.25) is 5.02 Å². The fraction of sp³-hybridized carbons (Fsp3) is 0.362. The summed E-state index contributed by atoms with van der Waals surface area (Å²) >= 11 is 7.90. The Bertz CT molecular complexity index is 2710. The topological polar surface area (TPSA) is 160 Å². The van der Waals surface area contributed by atoms with Gasteiger partial charge in [-0.3, -0.25) is 14.4 Å². The monoisotopic (exact) mass is 864 g/mol. The van der Waals surface area contributed by atoms with Gasteiger partial charge < -0.3 is 19.4 Å². The molecule has 2 aromatic carbocycles. The van der Waals surface area contributed by atoms with Gasteiger partial charge in [-0.25, -0.2) is 4.98 Å². The van der Waals surface area contributed by atoms with Crippen molar-refractivity contribution in [3.05, 3.63) is 128 Å². The van der Waals surface area contributed by atoms with Crippen LogP contribution in [0.25, 0.3) is 5.00 Å². The Morgan fingerprint density at radius 3 is 2.50 bits per heavy atom. The van der Waals surface area contributed by atoms with Gasteiger partial charge in [0.15, 0.2) is 23.2 Å². The van der Waals surface area contributed by atoms with Gasteiger partial charge >= 0.3 is 0 Å². The minimum absolute atomic E-state index is 0.0284. The average molecular weight is 865 g/mol. The van der Waals surface area contributed by atoms with E-state index >= 15 is 0 Å². The van der Waals surface area contributed by atoms with Crippen LogP contribution >= 0.6 is 22.9 Å². The van der Waals surface area contributed by atoms with E-state index < -0.39 is 0 Å². The average Bonchev–Trinajstić information content (AvgIpc) is 4.00. The molecular weight excluding hydrogens is 820 g/mol. The van der Waals surface area contributed by atoms with Crippen LogP contribution in [0, 0.1) is 49.9 Å². The number of nitrogens with one attached hydrogen (secondary N) is 1. The van der Waals surface area contributed by atoms with Gasteiger partial charge in [0.05, 0.1) is 35.0 Å². The van der Waals surface area contributed by atoms with Crippen molar-refractivity contribution in [2.75, 3.05) is 18.0 Å². The molecule has 2 aliphatic heterocycles. The zero-order valence-electron chi connectivity index (χ0n) is 34.8. The molecule has 13 nitrogen and oxygen atoms in total. The van der Waals surface area contributed by atoms with Crippen molar-refractivity contribution in [2.45, 2.75) is 90.3 Å². The van der Waals surface area contributed by atoms with E-state index in [1.165, 1.54) is 10.4 Å². The Kier molecular flexibility index (Phi) is 11.9. The summed E-state index contributed by atoms with van der Waals surface area (Å²) in [6.07, 6.45) is 9.77. The number of benzene rings is 2. The number of carbonyl (C=O) groups excluding carboxylic acids is 1. The first-order valence-corrected chi connectivity index (χ1v) is 22.2. The maximum atomic E-state index is 13.0. The Morgan fingerprint density at radius 1 is 0.984 bits per heavy atom. The number of aromatic nitrogens is 6. The number of fused-ring (bicyclic) bond motifs is 3. The molecule has 6 aromatic rings. The summed E-state index contributed by atoms with van der Waals surface area (Å²) in [5, 5.41) is 31.4. The van der Waals surface area contributed by atoms with E-state index in [0.29, 0.717) is 40.3 Å². The van der Waals surface area contributed by atoms with Crippen LogP contribution in [0.3, 0.4) is 0 Å². The van der Waals surface area contributed by atoms with Crippen LogP contribution < -0.4 is 15.0 Å². The SMILES string of the molecule is Cc1sc2c(c1C)C(c1ccc(C#CCC3CCN(c4ccc(C(=O)NC5CCC(Oc6ccc(C#N)c(Cl)c6)CC5)nn4)CC3)cc1)=N[C@@H](Cc1ncco1)c1nnc(C)n1-2. The zero-order chi connectivity index (χ0) is 42.7. The lowest BCUT2D eigenvalue weighted by Gasteiger charge is -2.31. The fourth-order valence-corrected chi connectivity index (χ4v) is 9.90. The van der Waals surface area contributed by atoms with Gasteiger partial charge in [0.25, 0.3) is 5.91 Å². The standard InChI is InChI=1S/C47H45ClN10O3S/c1-28-29(2)62-47-43(28)44(52-40(26-42-50-21-24-60-42)45-56-53-30(3)58(45)47)33-9-7-31(8-10-33)5-4-6-32-19-22-57(23-20-32)41-18-17-39(54-55-41)46(59)51-35-12-15-36(16-13-35)61-37-14-11-34(27-49)38(48)25-37/h7-11,14,17-18,21,24-25,32,35-36,40H,6,12-13,15-16,19-20,22-23,26H2,1-3H3,(H,51,59)/t35?,36?,40-/m0/s1. The van der Waals surface area contributed by atoms with Crippen molar-refractivity contribution < 1.29 is 13.9 Å². The number of halogens is 1. The van der Waals surface area contributed by atoms with Gasteiger partial charge in [0, 0.05) is 53.2 Å². The zero-order valence-corrected chi connectivity index (χ0v) is 36.3. The van der Waals surface area contributed by atoms with Gasteiger partial charge in [-0.15, -0.1) is 31.7 Å².